The van der Waals surface area contributed by atoms with Crippen molar-refractivity contribution in [3.05, 3.63) is 29.8 Å². The monoisotopic (exact) mass is 343 g/mol. The molecule has 2 saturated heterocycles. The molecule has 6 nitrogen and oxygen atoms in total. The van der Waals surface area contributed by atoms with E-state index in [9.17, 15) is 17.9 Å². The summed E-state index contributed by atoms with van der Waals surface area (Å²) >= 11 is 0. The van der Waals surface area contributed by atoms with Gasteiger partial charge in [0.15, 0.2) is 0 Å². The molecule has 2 aliphatic rings. The second-order valence-electron chi connectivity index (χ2n) is 6.51. The first-order chi connectivity index (χ1) is 10.8. The lowest BCUT2D eigenvalue weighted by atomic mass is 9.83. The zero-order valence-corrected chi connectivity index (χ0v) is 14.0. The van der Waals surface area contributed by atoms with E-state index in [4.69, 9.17) is 0 Å². The highest BCUT2D eigenvalue weighted by Gasteiger charge is 2.52. The Morgan fingerprint density at radius 3 is 2.78 bits per heavy atom. The van der Waals surface area contributed by atoms with Gasteiger partial charge in [-0.2, -0.15) is 4.31 Å². The van der Waals surface area contributed by atoms with Gasteiger partial charge >= 0.3 is 0 Å². The molecular formula is C15H22FN3O3S. The topological polar surface area (TPSA) is 73.7 Å². The van der Waals surface area contributed by atoms with E-state index < -0.39 is 21.7 Å². The van der Waals surface area contributed by atoms with Gasteiger partial charge < -0.3 is 5.11 Å². The minimum absolute atomic E-state index is 0.374. The number of hydrogen-bond donors (Lipinski definition) is 1. The molecule has 1 spiro atoms. The minimum atomic E-state index is -3.32. The Balaban J connectivity index is 1.71. The normalized spacial score (nSPS) is 30.1. The summed E-state index contributed by atoms with van der Waals surface area (Å²) in [5.74, 6) is -0.374. The molecule has 0 bridgehead atoms. The molecule has 1 aromatic heterocycles. The van der Waals surface area contributed by atoms with Crippen LogP contribution >= 0.6 is 0 Å². The molecule has 2 aliphatic heterocycles. The molecular weight excluding hydrogens is 321 g/mol. The Kier molecular flexibility index (Phi) is 4.43. The third-order valence-electron chi connectivity index (χ3n) is 4.95. The van der Waals surface area contributed by atoms with Crippen LogP contribution in [0.4, 0.5) is 4.39 Å². The van der Waals surface area contributed by atoms with E-state index >= 15 is 0 Å². The molecule has 8 heteroatoms. The molecule has 23 heavy (non-hydrogen) atoms. The first kappa shape index (κ1) is 16.8. The summed E-state index contributed by atoms with van der Waals surface area (Å²) in [5.41, 5.74) is 0.0706. The van der Waals surface area contributed by atoms with Crippen LogP contribution in [0.25, 0.3) is 0 Å². The predicted molar refractivity (Wildman–Crippen MR) is 83.6 cm³/mol. The number of rotatable bonds is 3. The van der Waals surface area contributed by atoms with E-state index in [1.54, 1.807) is 6.07 Å². The summed E-state index contributed by atoms with van der Waals surface area (Å²) in [5, 5.41) is 10.7. The molecule has 128 valence electrons. The van der Waals surface area contributed by atoms with Gasteiger partial charge in [0.25, 0.3) is 0 Å². The molecule has 0 aromatic carbocycles. The van der Waals surface area contributed by atoms with Crippen LogP contribution in [0.1, 0.15) is 25.0 Å². The summed E-state index contributed by atoms with van der Waals surface area (Å²) < 4.78 is 38.4. The molecule has 1 aromatic rings. The van der Waals surface area contributed by atoms with Crippen molar-refractivity contribution in [2.45, 2.75) is 37.5 Å². The molecule has 0 radical (unpaired) electrons. The lowest BCUT2D eigenvalue weighted by molar-refractivity contribution is -0.0382. The second-order valence-corrected chi connectivity index (χ2v) is 8.42. The van der Waals surface area contributed by atoms with Crippen molar-refractivity contribution < 1.29 is 17.9 Å². The Bertz CT molecular complexity index is 667. The SMILES string of the molecule is CS(=O)(=O)N1CCC[C@@]12CCN(Cc1ccc(F)cn1)C[C@@H]2O. The standard InChI is InChI=1S/C15H22FN3O3S/c1-23(21,22)19-7-2-5-15(19)6-8-18(11-14(15)20)10-13-4-3-12(16)9-17-13/h3-4,9,14,20H,2,5-8,10-11H2,1H3/t14-,15-/m0/s1. The Morgan fingerprint density at radius 1 is 1.39 bits per heavy atom. The fourth-order valence-electron chi connectivity index (χ4n) is 3.85. The molecule has 0 unspecified atom stereocenters. The van der Waals surface area contributed by atoms with Crippen molar-refractivity contribution in [1.29, 1.82) is 0 Å². The first-order valence-electron chi connectivity index (χ1n) is 7.80. The molecule has 0 amide bonds. The van der Waals surface area contributed by atoms with Crippen LogP contribution < -0.4 is 0 Å². The summed E-state index contributed by atoms with van der Waals surface area (Å²) in [6.07, 6.45) is 3.74. The zero-order chi connectivity index (χ0) is 16.7. The first-order valence-corrected chi connectivity index (χ1v) is 9.65. The highest BCUT2D eigenvalue weighted by atomic mass is 32.2. The summed E-state index contributed by atoms with van der Waals surface area (Å²) in [7, 11) is -3.32. The number of sulfonamides is 1. The number of aliphatic hydroxyl groups is 1. The third kappa shape index (κ3) is 3.26. The molecule has 0 saturated carbocycles. The minimum Gasteiger partial charge on any atom is -0.390 e. The van der Waals surface area contributed by atoms with Crippen LogP contribution in [0.3, 0.4) is 0 Å². The van der Waals surface area contributed by atoms with Crippen LogP contribution in [0.2, 0.25) is 0 Å². The summed E-state index contributed by atoms with van der Waals surface area (Å²) in [6.45, 7) is 2.08. The van der Waals surface area contributed by atoms with Gasteiger partial charge in [-0.05, 0) is 31.4 Å². The second kappa shape index (κ2) is 6.08. The third-order valence-corrected chi connectivity index (χ3v) is 6.30. The molecule has 0 aliphatic carbocycles. The Hall–Kier alpha value is -1.09. The van der Waals surface area contributed by atoms with E-state index in [1.165, 1.54) is 22.8 Å². The van der Waals surface area contributed by atoms with Crippen LogP contribution in [-0.2, 0) is 16.6 Å². The van der Waals surface area contributed by atoms with Gasteiger partial charge in [0, 0.05) is 26.2 Å². The van der Waals surface area contributed by atoms with Crippen molar-refractivity contribution >= 4 is 10.0 Å². The van der Waals surface area contributed by atoms with Crippen LogP contribution in [0.5, 0.6) is 0 Å². The maximum Gasteiger partial charge on any atom is 0.211 e. The zero-order valence-electron chi connectivity index (χ0n) is 13.2. The molecule has 1 N–H and O–H groups in total. The van der Waals surface area contributed by atoms with Crippen molar-refractivity contribution in [2.24, 2.45) is 0 Å². The number of piperidine rings is 1. The van der Waals surface area contributed by atoms with E-state index in [-0.39, 0.29) is 5.82 Å². The van der Waals surface area contributed by atoms with E-state index in [2.05, 4.69) is 4.98 Å². The van der Waals surface area contributed by atoms with Crippen LogP contribution in [0.15, 0.2) is 18.3 Å². The lowest BCUT2D eigenvalue weighted by Gasteiger charge is -2.47. The summed E-state index contributed by atoms with van der Waals surface area (Å²) in [6, 6.07) is 3.00. The largest absolute Gasteiger partial charge is 0.390 e. The highest BCUT2D eigenvalue weighted by molar-refractivity contribution is 7.88. The maximum absolute atomic E-state index is 12.9. The highest BCUT2D eigenvalue weighted by Crippen LogP contribution is 2.40. The average molecular weight is 343 g/mol. The van der Waals surface area contributed by atoms with Crippen molar-refractivity contribution in [1.82, 2.24) is 14.2 Å². The van der Waals surface area contributed by atoms with Gasteiger partial charge in [-0.3, -0.25) is 9.88 Å². The number of pyridine rings is 1. The molecule has 2 fully saturated rings. The summed E-state index contributed by atoms with van der Waals surface area (Å²) in [4.78, 5) is 6.07. The maximum atomic E-state index is 12.9. The van der Waals surface area contributed by atoms with E-state index in [1.807, 2.05) is 4.90 Å². The number of hydrogen-bond acceptors (Lipinski definition) is 5. The number of likely N-dealkylation sites (tertiary alicyclic amines) is 1. The van der Waals surface area contributed by atoms with Crippen molar-refractivity contribution in [3.8, 4) is 0 Å². The average Bonchev–Trinajstić information content (AvgIpc) is 2.91. The van der Waals surface area contributed by atoms with Gasteiger partial charge in [0.2, 0.25) is 10.0 Å². The number of aromatic nitrogens is 1. The van der Waals surface area contributed by atoms with Crippen molar-refractivity contribution in [2.75, 3.05) is 25.9 Å². The molecule has 2 atom stereocenters. The van der Waals surface area contributed by atoms with Crippen LogP contribution in [0, 0.1) is 5.82 Å². The van der Waals surface area contributed by atoms with Crippen LogP contribution in [-0.4, -0.2) is 65.2 Å². The van der Waals surface area contributed by atoms with Gasteiger partial charge in [0.05, 0.1) is 29.8 Å². The van der Waals surface area contributed by atoms with E-state index in [0.29, 0.717) is 39.0 Å². The number of halogens is 1. The molecule has 3 heterocycles. The predicted octanol–water partition coefficient (Wildman–Crippen LogP) is 0.581. The quantitative estimate of drug-likeness (QED) is 0.869. The number of β-amino-alcohol motifs (C(OH)–C–C–N with tert-alkyl or cyclic N) is 1. The van der Waals surface area contributed by atoms with Gasteiger partial charge in [-0.25, -0.2) is 12.8 Å². The number of nitrogens with zero attached hydrogens (tertiary/aromatic N) is 3. The Morgan fingerprint density at radius 2 is 2.17 bits per heavy atom. The fraction of sp³-hybridized carbons (Fsp3) is 0.667. The van der Waals surface area contributed by atoms with Crippen molar-refractivity contribution in [3.63, 3.8) is 0 Å². The van der Waals surface area contributed by atoms with Gasteiger partial charge in [0.1, 0.15) is 5.82 Å². The fourth-order valence-corrected chi connectivity index (χ4v) is 5.28. The van der Waals surface area contributed by atoms with E-state index in [0.717, 1.165) is 12.1 Å². The van der Waals surface area contributed by atoms with Gasteiger partial charge in [-0.1, -0.05) is 0 Å². The van der Waals surface area contributed by atoms with Gasteiger partial charge in [-0.15, -0.1) is 0 Å². The Labute approximate surface area is 136 Å². The number of aliphatic hydroxyl groups excluding tert-OH is 1. The smallest absolute Gasteiger partial charge is 0.211 e. The molecule has 3 rings (SSSR count). The lowest BCUT2D eigenvalue weighted by Crippen LogP contribution is -2.62.